The predicted octanol–water partition coefficient (Wildman–Crippen LogP) is 7.97. The van der Waals surface area contributed by atoms with Crippen LogP contribution in [0, 0.1) is 0 Å². The smallest absolute Gasteiger partial charge is 0.293 e. The number of hydrogen-bond donors (Lipinski definition) is 0. The first kappa shape index (κ1) is 25.2. The van der Waals surface area contributed by atoms with Gasteiger partial charge in [0.2, 0.25) is 0 Å². The van der Waals surface area contributed by atoms with Crippen molar-refractivity contribution in [1.29, 1.82) is 0 Å². The number of ether oxygens (including phenoxy) is 2. The predicted molar refractivity (Wildman–Crippen MR) is 149 cm³/mol. The number of halogens is 2. The van der Waals surface area contributed by atoms with Gasteiger partial charge < -0.3 is 9.47 Å². The summed E-state index contributed by atoms with van der Waals surface area (Å²) in [5.74, 6) is 0.693. The summed E-state index contributed by atoms with van der Waals surface area (Å²) in [6, 6.07) is 24.4. The Balaban J connectivity index is 1.34. The number of carbonyl (C=O) groups is 2. The van der Waals surface area contributed by atoms with Crippen LogP contribution in [0.1, 0.15) is 16.7 Å². The Bertz CT molecular complexity index is 1550. The average molecular weight is 550 g/mol. The number of thioether (sulfide) groups is 1. The lowest BCUT2D eigenvalue weighted by Crippen LogP contribution is -2.27. The van der Waals surface area contributed by atoms with E-state index in [-0.39, 0.29) is 24.3 Å². The van der Waals surface area contributed by atoms with Crippen LogP contribution in [0.25, 0.3) is 16.8 Å². The molecule has 37 heavy (non-hydrogen) atoms. The highest BCUT2D eigenvalue weighted by Crippen LogP contribution is 2.36. The van der Waals surface area contributed by atoms with Gasteiger partial charge in [-0.2, -0.15) is 0 Å². The molecule has 8 heteroatoms. The van der Waals surface area contributed by atoms with Gasteiger partial charge >= 0.3 is 0 Å². The Morgan fingerprint density at radius 3 is 2.49 bits per heavy atom. The third-order valence-electron chi connectivity index (χ3n) is 5.91. The van der Waals surface area contributed by atoms with Crippen molar-refractivity contribution in [2.24, 2.45) is 0 Å². The summed E-state index contributed by atoms with van der Waals surface area (Å²) in [5, 5.41) is 2.92. The van der Waals surface area contributed by atoms with Crippen LogP contribution in [0.3, 0.4) is 0 Å². The third kappa shape index (κ3) is 5.62. The minimum absolute atomic E-state index is 0.206. The second-order valence-electron chi connectivity index (χ2n) is 8.38. The molecule has 0 spiro atoms. The zero-order chi connectivity index (χ0) is 25.9. The molecule has 0 radical (unpaired) electrons. The molecule has 1 heterocycles. The summed E-state index contributed by atoms with van der Waals surface area (Å²) < 4.78 is 11.4. The van der Waals surface area contributed by atoms with E-state index in [0.717, 1.165) is 33.7 Å². The maximum Gasteiger partial charge on any atom is 0.293 e. The van der Waals surface area contributed by atoms with Gasteiger partial charge in [-0.25, -0.2) is 0 Å². The lowest BCUT2D eigenvalue weighted by atomic mass is 10.1. The van der Waals surface area contributed by atoms with Crippen molar-refractivity contribution >= 4 is 63.0 Å². The van der Waals surface area contributed by atoms with Crippen molar-refractivity contribution in [2.45, 2.75) is 13.2 Å². The molecule has 0 aliphatic carbocycles. The fraction of sp³-hybridized carbons (Fsp3) is 0.103. The maximum atomic E-state index is 13.1. The van der Waals surface area contributed by atoms with E-state index in [1.807, 2.05) is 42.5 Å². The maximum absolute atomic E-state index is 13.1. The van der Waals surface area contributed by atoms with Crippen molar-refractivity contribution in [2.75, 3.05) is 7.11 Å². The number of benzene rings is 4. The fourth-order valence-corrected chi connectivity index (χ4v) is 5.30. The molecule has 0 aromatic heterocycles. The number of nitrogens with zero attached hydrogens (tertiary/aromatic N) is 1. The SMILES string of the molecule is COc1ccc(/C=C2\SC(=O)N(Cc3ccc4ccccc4c3)C2=O)cc1OCc1ccc(Cl)cc1Cl. The first-order valence-electron chi connectivity index (χ1n) is 11.4. The van der Waals surface area contributed by atoms with Crippen LogP contribution in [-0.4, -0.2) is 23.2 Å². The molecule has 0 atom stereocenters. The Morgan fingerprint density at radius 1 is 0.892 bits per heavy atom. The van der Waals surface area contributed by atoms with Gasteiger partial charge in [0.1, 0.15) is 6.61 Å². The van der Waals surface area contributed by atoms with Crippen LogP contribution < -0.4 is 9.47 Å². The molecule has 4 aromatic rings. The normalized spacial score (nSPS) is 14.6. The van der Waals surface area contributed by atoms with Crippen molar-refractivity contribution in [3.05, 3.63) is 111 Å². The number of fused-ring (bicyclic) bond motifs is 1. The number of amides is 2. The molecule has 1 saturated heterocycles. The second kappa shape index (κ2) is 10.9. The summed E-state index contributed by atoms with van der Waals surface area (Å²) in [6.45, 7) is 0.420. The minimum Gasteiger partial charge on any atom is -0.493 e. The van der Waals surface area contributed by atoms with E-state index in [1.165, 1.54) is 4.90 Å². The topological polar surface area (TPSA) is 55.8 Å². The minimum atomic E-state index is -0.325. The first-order valence-corrected chi connectivity index (χ1v) is 13.0. The van der Waals surface area contributed by atoms with Crippen LogP contribution >= 0.6 is 35.0 Å². The second-order valence-corrected chi connectivity index (χ2v) is 10.2. The molecular formula is C29H21Cl2NO4S. The van der Waals surface area contributed by atoms with Crippen LogP contribution in [0.15, 0.2) is 83.8 Å². The number of hydrogen-bond acceptors (Lipinski definition) is 5. The van der Waals surface area contributed by atoms with Crippen LogP contribution in [0.5, 0.6) is 11.5 Å². The molecule has 1 fully saturated rings. The molecule has 186 valence electrons. The highest BCUT2D eigenvalue weighted by Gasteiger charge is 2.35. The van der Waals surface area contributed by atoms with E-state index in [9.17, 15) is 9.59 Å². The van der Waals surface area contributed by atoms with Crippen LogP contribution in [0.2, 0.25) is 10.0 Å². The zero-order valence-corrected chi connectivity index (χ0v) is 22.1. The Labute approximate surface area is 228 Å². The van der Waals surface area contributed by atoms with E-state index in [2.05, 4.69) is 0 Å². The quantitative estimate of drug-likeness (QED) is 0.219. The van der Waals surface area contributed by atoms with Crippen molar-refractivity contribution in [1.82, 2.24) is 4.90 Å². The lowest BCUT2D eigenvalue weighted by Gasteiger charge is -2.13. The molecule has 0 unspecified atom stereocenters. The summed E-state index contributed by atoms with van der Waals surface area (Å²) in [6.07, 6.45) is 1.69. The highest BCUT2D eigenvalue weighted by molar-refractivity contribution is 8.18. The van der Waals surface area contributed by atoms with Crippen LogP contribution in [-0.2, 0) is 17.9 Å². The molecule has 5 rings (SSSR count). The number of imide groups is 1. The summed E-state index contributed by atoms with van der Waals surface area (Å²) in [7, 11) is 1.55. The van der Waals surface area contributed by atoms with E-state index >= 15 is 0 Å². The molecule has 5 nitrogen and oxygen atoms in total. The van der Waals surface area contributed by atoms with Crippen LogP contribution in [0.4, 0.5) is 4.79 Å². The van der Waals surface area contributed by atoms with E-state index in [0.29, 0.717) is 32.0 Å². The average Bonchev–Trinajstić information content (AvgIpc) is 3.15. The molecule has 4 aromatic carbocycles. The molecule has 1 aliphatic heterocycles. The molecule has 0 bridgehead atoms. The molecule has 2 amide bonds. The number of methoxy groups -OCH3 is 1. The van der Waals surface area contributed by atoms with Gasteiger partial charge in [-0.1, -0.05) is 71.7 Å². The van der Waals surface area contributed by atoms with Crippen molar-refractivity contribution in [3.8, 4) is 11.5 Å². The number of rotatable bonds is 7. The standard InChI is InChI=1S/C29H21Cl2NO4S/c1-35-25-11-7-18(13-26(25)36-17-22-9-10-23(30)15-24(22)31)14-27-28(33)32(29(34)37-27)16-19-6-8-20-4-2-3-5-21(20)12-19/h2-15H,16-17H2,1H3/b27-14-. The lowest BCUT2D eigenvalue weighted by molar-refractivity contribution is -0.123. The summed E-state index contributed by atoms with van der Waals surface area (Å²) >= 11 is 13.2. The number of carbonyl (C=O) groups excluding carboxylic acids is 2. The van der Waals surface area contributed by atoms with Gasteiger partial charge in [-0.3, -0.25) is 14.5 Å². The largest absolute Gasteiger partial charge is 0.493 e. The molecular weight excluding hydrogens is 529 g/mol. The van der Waals surface area contributed by atoms with Gasteiger partial charge in [0.25, 0.3) is 11.1 Å². The fourth-order valence-electron chi connectivity index (χ4n) is 4.00. The summed E-state index contributed by atoms with van der Waals surface area (Å²) in [5.41, 5.74) is 2.37. The van der Waals surface area contributed by atoms with E-state index in [4.69, 9.17) is 32.7 Å². The van der Waals surface area contributed by atoms with Gasteiger partial charge in [-0.15, -0.1) is 0 Å². The van der Waals surface area contributed by atoms with Crippen molar-refractivity contribution in [3.63, 3.8) is 0 Å². The first-order chi connectivity index (χ1) is 17.9. The molecule has 0 N–H and O–H groups in total. The molecule has 1 aliphatic rings. The van der Waals surface area contributed by atoms with E-state index < -0.39 is 0 Å². The molecule has 0 saturated carbocycles. The Kier molecular flexibility index (Phi) is 7.42. The zero-order valence-electron chi connectivity index (χ0n) is 19.7. The Hall–Kier alpha value is -3.45. The van der Waals surface area contributed by atoms with Gasteiger partial charge in [0.15, 0.2) is 11.5 Å². The highest BCUT2D eigenvalue weighted by atomic mass is 35.5. The van der Waals surface area contributed by atoms with Gasteiger partial charge in [-0.05, 0) is 70.1 Å². The third-order valence-corrected chi connectivity index (χ3v) is 7.41. The van der Waals surface area contributed by atoms with Gasteiger partial charge in [0, 0.05) is 15.6 Å². The van der Waals surface area contributed by atoms with E-state index in [1.54, 1.807) is 49.6 Å². The van der Waals surface area contributed by atoms with Gasteiger partial charge in [0.05, 0.1) is 18.6 Å². The summed E-state index contributed by atoms with van der Waals surface area (Å²) in [4.78, 5) is 27.4. The van der Waals surface area contributed by atoms with Crippen molar-refractivity contribution < 1.29 is 19.1 Å². The monoisotopic (exact) mass is 549 g/mol. The Morgan fingerprint density at radius 2 is 1.70 bits per heavy atom.